The summed E-state index contributed by atoms with van der Waals surface area (Å²) in [5.41, 5.74) is 1.15. The van der Waals surface area contributed by atoms with Gasteiger partial charge in [-0.25, -0.2) is 4.79 Å². The van der Waals surface area contributed by atoms with Crippen molar-refractivity contribution in [3.63, 3.8) is 0 Å². The van der Waals surface area contributed by atoms with Crippen LogP contribution in [0.25, 0.3) is 21.5 Å². The molecule has 4 rings (SSSR count). The van der Waals surface area contributed by atoms with E-state index in [0.29, 0.717) is 11.1 Å². The summed E-state index contributed by atoms with van der Waals surface area (Å²) in [4.78, 5) is 26.7. The number of hydrogen-bond acceptors (Lipinski definition) is 4. The van der Waals surface area contributed by atoms with Crippen molar-refractivity contribution < 1.29 is 14.3 Å². The zero-order chi connectivity index (χ0) is 20.4. The molecule has 5 heteroatoms. The molecular formula is C24H19NO3S. The summed E-state index contributed by atoms with van der Waals surface area (Å²) >= 11 is 1.54. The van der Waals surface area contributed by atoms with Gasteiger partial charge in [0.2, 0.25) is 0 Å². The van der Waals surface area contributed by atoms with Crippen molar-refractivity contribution >= 4 is 45.2 Å². The van der Waals surface area contributed by atoms with Crippen molar-refractivity contribution in [2.45, 2.75) is 9.79 Å². The van der Waals surface area contributed by atoms with Crippen LogP contribution < -0.4 is 5.32 Å². The molecule has 0 radical (unpaired) electrons. The fourth-order valence-corrected chi connectivity index (χ4v) is 4.70. The molecule has 1 N–H and O–H groups in total. The SMILES string of the molecule is CNC(=O)c1cccc2cccc(Sc3cccc4cccc(C(=O)OC)c34)c12. The topological polar surface area (TPSA) is 55.4 Å². The highest BCUT2D eigenvalue weighted by atomic mass is 32.2. The summed E-state index contributed by atoms with van der Waals surface area (Å²) in [5.74, 6) is -0.496. The number of nitrogens with one attached hydrogen (secondary N) is 1. The average molecular weight is 401 g/mol. The maximum absolute atomic E-state index is 12.4. The van der Waals surface area contributed by atoms with Crippen molar-refractivity contribution in [2.75, 3.05) is 14.2 Å². The second kappa shape index (κ2) is 7.97. The van der Waals surface area contributed by atoms with Crippen molar-refractivity contribution in [2.24, 2.45) is 0 Å². The monoisotopic (exact) mass is 401 g/mol. The van der Waals surface area contributed by atoms with Crippen molar-refractivity contribution in [1.29, 1.82) is 0 Å². The Hall–Kier alpha value is -3.31. The minimum Gasteiger partial charge on any atom is -0.465 e. The first-order valence-electron chi connectivity index (χ1n) is 9.15. The molecule has 0 atom stereocenters. The van der Waals surface area contributed by atoms with Gasteiger partial charge in [-0.15, -0.1) is 0 Å². The highest BCUT2D eigenvalue weighted by Crippen LogP contribution is 2.39. The fraction of sp³-hybridized carbons (Fsp3) is 0.0833. The van der Waals surface area contributed by atoms with Crippen LogP contribution in [0.4, 0.5) is 0 Å². The Morgan fingerprint density at radius 3 is 1.76 bits per heavy atom. The van der Waals surface area contributed by atoms with Crippen LogP contribution in [0.2, 0.25) is 0 Å². The number of rotatable bonds is 4. The summed E-state index contributed by atoms with van der Waals surface area (Å²) in [6, 6.07) is 23.2. The fourth-order valence-electron chi connectivity index (χ4n) is 3.51. The lowest BCUT2D eigenvalue weighted by Crippen LogP contribution is -2.18. The third-order valence-corrected chi connectivity index (χ3v) is 5.95. The first-order chi connectivity index (χ1) is 14.1. The Labute approximate surface area is 172 Å². The van der Waals surface area contributed by atoms with E-state index in [-0.39, 0.29) is 11.9 Å². The number of fused-ring (bicyclic) bond motifs is 2. The first-order valence-corrected chi connectivity index (χ1v) is 9.97. The quantitative estimate of drug-likeness (QED) is 0.472. The van der Waals surface area contributed by atoms with Gasteiger partial charge in [0.25, 0.3) is 5.91 Å². The molecule has 0 aliphatic heterocycles. The summed E-state index contributed by atoms with van der Waals surface area (Å²) in [5, 5.41) is 6.41. The van der Waals surface area contributed by atoms with Gasteiger partial charge in [0, 0.05) is 33.2 Å². The molecule has 4 nitrogen and oxygen atoms in total. The Kier molecular flexibility index (Phi) is 5.23. The van der Waals surface area contributed by atoms with Gasteiger partial charge in [0.15, 0.2) is 0 Å². The van der Waals surface area contributed by atoms with Gasteiger partial charge in [-0.05, 0) is 35.0 Å². The molecule has 0 aliphatic rings. The number of ether oxygens (including phenoxy) is 1. The number of benzene rings is 4. The summed E-state index contributed by atoms with van der Waals surface area (Å²) in [6.07, 6.45) is 0. The minimum atomic E-state index is -0.368. The molecule has 0 unspecified atom stereocenters. The van der Waals surface area contributed by atoms with Gasteiger partial charge < -0.3 is 10.1 Å². The van der Waals surface area contributed by atoms with Crippen molar-refractivity contribution in [3.05, 3.63) is 83.9 Å². The molecule has 144 valence electrons. The summed E-state index contributed by atoms with van der Waals surface area (Å²) in [6.45, 7) is 0. The molecule has 0 fully saturated rings. The molecule has 0 spiro atoms. The zero-order valence-electron chi connectivity index (χ0n) is 16.1. The molecule has 0 heterocycles. The summed E-state index contributed by atoms with van der Waals surface area (Å²) in [7, 11) is 3.02. The Morgan fingerprint density at radius 1 is 0.759 bits per heavy atom. The van der Waals surface area contributed by atoms with Crippen LogP contribution in [0.1, 0.15) is 20.7 Å². The van der Waals surface area contributed by atoms with Crippen molar-refractivity contribution in [1.82, 2.24) is 5.32 Å². The van der Waals surface area contributed by atoms with Crippen LogP contribution in [0.15, 0.2) is 82.6 Å². The van der Waals surface area contributed by atoms with Gasteiger partial charge >= 0.3 is 5.97 Å². The van der Waals surface area contributed by atoms with Gasteiger partial charge in [0.1, 0.15) is 0 Å². The third kappa shape index (κ3) is 3.45. The van der Waals surface area contributed by atoms with Crippen LogP contribution in [-0.4, -0.2) is 26.0 Å². The van der Waals surface area contributed by atoms with E-state index in [2.05, 4.69) is 5.32 Å². The van der Waals surface area contributed by atoms with Crippen LogP contribution in [0.5, 0.6) is 0 Å². The van der Waals surface area contributed by atoms with Crippen LogP contribution in [0.3, 0.4) is 0 Å². The molecule has 4 aromatic rings. The van der Waals surface area contributed by atoms with Crippen molar-refractivity contribution in [3.8, 4) is 0 Å². The smallest absolute Gasteiger partial charge is 0.338 e. The Morgan fingerprint density at radius 2 is 1.24 bits per heavy atom. The van der Waals surface area contributed by atoms with E-state index in [9.17, 15) is 9.59 Å². The van der Waals surface area contributed by atoms with E-state index >= 15 is 0 Å². The highest BCUT2D eigenvalue weighted by Gasteiger charge is 2.17. The molecule has 29 heavy (non-hydrogen) atoms. The lowest BCUT2D eigenvalue weighted by Gasteiger charge is -2.13. The van der Waals surface area contributed by atoms with Gasteiger partial charge in [-0.2, -0.15) is 0 Å². The first kappa shape index (κ1) is 19.0. The molecule has 0 saturated carbocycles. The van der Waals surface area contributed by atoms with Gasteiger partial charge in [0.05, 0.1) is 12.7 Å². The molecule has 0 bridgehead atoms. The normalized spacial score (nSPS) is 10.8. The highest BCUT2D eigenvalue weighted by molar-refractivity contribution is 7.99. The minimum absolute atomic E-state index is 0.128. The van der Waals surface area contributed by atoms with Crippen LogP contribution in [0, 0.1) is 0 Å². The number of amides is 1. The van der Waals surface area contributed by atoms with E-state index in [4.69, 9.17) is 4.74 Å². The van der Waals surface area contributed by atoms with E-state index in [1.807, 2.05) is 66.7 Å². The maximum atomic E-state index is 12.4. The zero-order valence-corrected chi connectivity index (χ0v) is 16.9. The Balaban J connectivity index is 1.94. The molecular weight excluding hydrogens is 382 g/mol. The number of carbonyl (C=O) groups is 2. The lowest BCUT2D eigenvalue weighted by molar-refractivity contribution is 0.0602. The lowest BCUT2D eigenvalue weighted by atomic mass is 10.0. The largest absolute Gasteiger partial charge is 0.465 e. The predicted molar refractivity (Wildman–Crippen MR) is 117 cm³/mol. The second-order valence-corrected chi connectivity index (χ2v) is 7.58. The van der Waals surface area contributed by atoms with Crippen LogP contribution in [-0.2, 0) is 4.74 Å². The van der Waals surface area contributed by atoms with Crippen LogP contribution >= 0.6 is 11.8 Å². The van der Waals surface area contributed by atoms with Gasteiger partial charge in [-0.1, -0.05) is 60.3 Å². The Bertz CT molecular complexity index is 1140. The molecule has 0 saturated heterocycles. The number of hydrogen-bond donors (Lipinski definition) is 1. The molecule has 0 aromatic heterocycles. The van der Waals surface area contributed by atoms with E-state index in [0.717, 1.165) is 31.3 Å². The van der Waals surface area contributed by atoms with E-state index in [1.54, 1.807) is 24.9 Å². The van der Waals surface area contributed by atoms with E-state index < -0.39 is 0 Å². The molecule has 0 aliphatic carbocycles. The number of carbonyl (C=O) groups excluding carboxylic acids is 2. The third-order valence-electron chi connectivity index (χ3n) is 4.83. The number of methoxy groups -OCH3 is 1. The maximum Gasteiger partial charge on any atom is 0.338 e. The van der Waals surface area contributed by atoms with E-state index in [1.165, 1.54) is 7.11 Å². The summed E-state index contributed by atoms with van der Waals surface area (Å²) < 4.78 is 4.98. The van der Waals surface area contributed by atoms with Gasteiger partial charge in [-0.3, -0.25) is 4.79 Å². The molecule has 4 aromatic carbocycles. The second-order valence-electron chi connectivity index (χ2n) is 6.49. The predicted octanol–water partition coefficient (Wildman–Crippen LogP) is 5.29. The average Bonchev–Trinajstić information content (AvgIpc) is 2.77. The number of esters is 1. The standard InChI is InChI=1S/C24H19NO3S/c1-25-23(26)17-11-3-7-15-9-5-13-19(21(15)17)29-20-14-6-10-16-8-4-12-18(22(16)20)24(27)28-2/h3-14H,1-2H3,(H,25,26). The molecule has 1 amide bonds.